The van der Waals surface area contributed by atoms with E-state index in [1.54, 1.807) is 14.2 Å². The van der Waals surface area contributed by atoms with E-state index in [1.807, 2.05) is 0 Å². The Labute approximate surface area is 176 Å². The van der Waals surface area contributed by atoms with Crippen LogP contribution in [-0.2, 0) is 9.47 Å². The first-order chi connectivity index (χ1) is 12.4. The van der Waals surface area contributed by atoms with Gasteiger partial charge in [0.05, 0.1) is 26.4 Å². The molecule has 10 heteroatoms. The second kappa shape index (κ2) is 12.3. The minimum Gasteiger partial charge on any atom is -0.382 e. The van der Waals surface area contributed by atoms with Gasteiger partial charge in [-0.2, -0.15) is 13.2 Å². The van der Waals surface area contributed by atoms with Crippen LogP contribution in [-0.4, -0.2) is 95.2 Å². The molecule has 0 radical (unpaired) electrons. The highest BCUT2D eigenvalue weighted by Crippen LogP contribution is 2.22. The van der Waals surface area contributed by atoms with Gasteiger partial charge in [0, 0.05) is 46.3 Å². The minimum absolute atomic E-state index is 0. The zero-order valence-electron chi connectivity index (χ0n) is 16.1. The third-order valence-electron chi connectivity index (χ3n) is 4.90. The van der Waals surface area contributed by atoms with E-state index in [2.05, 4.69) is 15.2 Å². The van der Waals surface area contributed by atoms with Gasteiger partial charge < -0.3 is 19.7 Å². The molecule has 1 N–H and O–H groups in total. The van der Waals surface area contributed by atoms with Crippen LogP contribution in [0.3, 0.4) is 0 Å². The first-order valence-electron chi connectivity index (χ1n) is 9.22. The molecule has 2 unspecified atom stereocenters. The number of rotatable bonds is 8. The van der Waals surface area contributed by atoms with Gasteiger partial charge >= 0.3 is 6.18 Å². The number of methoxy groups -OCH3 is 1. The van der Waals surface area contributed by atoms with Gasteiger partial charge in [-0.1, -0.05) is 0 Å². The average molecular weight is 508 g/mol. The van der Waals surface area contributed by atoms with Crippen molar-refractivity contribution in [2.45, 2.75) is 19.0 Å². The molecule has 6 nitrogen and oxygen atoms in total. The third kappa shape index (κ3) is 9.14. The Morgan fingerprint density at radius 2 is 1.89 bits per heavy atom. The number of halogens is 4. The first-order valence-corrected chi connectivity index (χ1v) is 9.22. The summed E-state index contributed by atoms with van der Waals surface area (Å²) in [5.74, 6) is 1.53. The van der Waals surface area contributed by atoms with E-state index in [1.165, 1.54) is 4.90 Å². The highest BCUT2D eigenvalue weighted by molar-refractivity contribution is 14.0. The number of aliphatic imine (C=N–C) groups is 1. The van der Waals surface area contributed by atoms with E-state index in [-0.39, 0.29) is 29.9 Å². The summed E-state index contributed by atoms with van der Waals surface area (Å²) >= 11 is 0. The van der Waals surface area contributed by atoms with Gasteiger partial charge in [0.15, 0.2) is 5.96 Å². The molecule has 2 saturated heterocycles. The predicted molar refractivity (Wildman–Crippen MR) is 110 cm³/mol. The Hall–Kier alpha value is -0.330. The number of nitrogens with one attached hydrogen (secondary N) is 1. The first kappa shape index (κ1) is 24.7. The second-order valence-corrected chi connectivity index (χ2v) is 7.10. The monoisotopic (exact) mass is 508 g/mol. The summed E-state index contributed by atoms with van der Waals surface area (Å²) < 4.78 is 48.0. The minimum atomic E-state index is -4.12. The van der Waals surface area contributed by atoms with Crippen LogP contribution < -0.4 is 5.32 Å². The molecular formula is C17H32F3IN4O2. The lowest BCUT2D eigenvalue weighted by atomic mass is 10.1. The lowest BCUT2D eigenvalue weighted by Gasteiger charge is -2.23. The molecule has 0 aromatic carbocycles. The summed E-state index contributed by atoms with van der Waals surface area (Å²) in [6.07, 6.45) is -2.28. The molecule has 0 saturated carbocycles. The molecule has 0 aliphatic carbocycles. The van der Waals surface area contributed by atoms with Crippen molar-refractivity contribution in [2.24, 2.45) is 16.8 Å². The molecule has 2 rings (SSSR count). The van der Waals surface area contributed by atoms with Gasteiger partial charge in [0.25, 0.3) is 0 Å². The summed E-state index contributed by atoms with van der Waals surface area (Å²) in [5, 5.41) is 3.34. The van der Waals surface area contributed by atoms with Crippen molar-refractivity contribution in [3.63, 3.8) is 0 Å². The molecular weight excluding hydrogens is 476 g/mol. The lowest BCUT2D eigenvalue weighted by Crippen LogP contribution is -2.42. The van der Waals surface area contributed by atoms with Gasteiger partial charge in [-0.05, 0) is 25.3 Å². The van der Waals surface area contributed by atoms with Crippen LogP contribution in [0.5, 0.6) is 0 Å². The molecule has 2 aliphatic heterocycles. The van der Waals surface area contributed by atoms with Crippen molar-refractivity contribution in [1.29, 1.82) is 0 Å². The normalized spacial score (nSPS) is 24.3. The lowest BCUT2D eigenvalue weighted by molar-refractivity contribution is -0.143. The zero-order valence-corrected chi connectivity index (χ0v) is 18.5. The van der Waals surface area contributed by atoms with Crippen molar-refractivity contribution < 1.29 is 22.6 Å². The Balaban J connectivity index is 0.00000364. The molecule has 27 heavy (non-hydrogen) atoms. The Bertz CT molecular complexity index is 454. The Morgan fingerprint density at radius 1 is 1.15 bits per heavy atom. The van der Waals surface area contributed by atoms with Crippen LogP contribution in [0.4, 0.5) is 13.2 Å². The fraction of sp³-hybridized carbons (Fsp3) is 0.941. The van der Waals surface area contributed by atoms with E-state index in [9.17, 15) is 13.2 Å². The second-order valence-electron chi connectivity index (χ2n) is 7.10. The number of ether oxygens (including phenoxy) is 2. The van der Waals surface area contributed by atoms with Crippen molar-refractivity contribution in [2.75, 3.05) is 73.2 Å². The number of likely N-dealkylation sites (tertiary alicyclic amines) is 2. The van der Waals surface area contributed by atoms with E-state index in [0.29, 0.717) is 45.4 Å². The summed E-state index contributed by atoms with van der Waals surface area (Å²) in [6, 6.07) is 0. The highest BCUT2D eigenvalue weighted by Gasteiger charge is 2.34. The van der Waals surface area contributed by atoms with Crippen molar-refractivity contribution in [3.8, 4) is 0 Å². The summed E-state index contributed by atoms with van der Waals surface area (Å²) in [6.45, 7) is 4.57. The van der Waals surface area contributed by atoms with Gasteiger partial charge in [0.2, 0.25) is 0 Å². The number of nitrogens with zero attached hydrogens (tertiary/aromatic N) is 3. The van der Waals surface area contributed by atoms with E-state index in [0.717, 1.165) is 31.9 Å². The van der Waals surface area contributed by atoms with Crippen LogP contribution >= 0.6 is 24.0 Å². The molecule has 2 aliphatic rings. The fourth-order valence-electron chi connectivity index (χ4n) is 3.60. The Kier molecular flexibility index (Phi) is 11.2. The summed E-state index contributed by atoms with van der Waals surface area (Å²) in [7, 11) is 3.40. The van der Waals surface area contributed by atoms with Gasteiger partial charge in [0.1, 0.15) is 0 Å². The standard InChI is InChI=1S/C17H31F3N4O2.HI/c1-21-16(24-6-4-15(11-24)12-26-8-7-25-2)22-9-14-3-5-23(10-14)13-17(18,19)20;/h14-15H,3-13H2,1-2H3,(H,21,22);1H. The summed E-state index contributed by atoms with van der Waals surface area (Å²) in [5.41, 5.74) is 0. The van der Waals surface area contributed by atoms with Gasteiger partial charge in [-0.25, -0.2) is 0 Å². The molecule has 0 amide bonds. The highest BCUT2D eigenvalue weighted by atomic mass is 127. The SMILES string of the molecule is CN=C(NCC1CCN(CC(F)(F)F)C1)N1CCC(COCCOC)C1.I. The smallest absolute Gasteiger partial charge is 0.382 e. The van der Waals surface area contributed by atoms with Crippen molar-refractivity contribution >= 4 is 29.9 Å². The molecule has 0 aromatic rings. The number of guanidine groups is 1. The van der Waals surface area contributed by atoms with E-state index < -0.39 is 12.7 Å². The number of hydrogen-bond acceptors (Lipinski definition) is 4. The van der Waals surface area contributed by atoms with Crippen LogP contribution in [0.2, 0.25) is 0 Å². The molecule has 2 fully saturated rings. The van der Waals surface area contributed by atoms with E-state index in [4.69, 9.17) is 9.47 Å². The third-order valence-corrected chi connectivity index (χ3v) is 4.90. The average Bonchev–Trinajstić information content (AvgIpc) is 3.21. The maximum atomic E-state index is 12.5. The molecule has 2 heterocycles. The van der Waals surface area contributed by atoms with E-state index >= 15 is 0 Å². The van der Waals surface area contributed by atoms with Gasteiger partial charge in [-0.3, -0.25) is 9.89 Å². The van der Waals surface area contributed by atoms with Gasteiger partial charge in [-0.15, -0.1) is 24.0 Å². The fourth-order valence-corrected chi connectivity index (χ4v) is 3.60. The molecule has 160 valence electrons. The van der Waals surface area contributed by atoms with Crippen LogP contribution in [0.25, 0.3) is 0 Å². The predicted octanol–water partition coefficient (Wildman–Crippen LogP) is 2.05. The maximum Gasteiger partial charge on any atom is 0.401 e. The molecule has 2 atom stereocenters. The van der Waals surface area contributed by atoms with Crippen molar-refractivity contribution in [1.82, 2.24) is 15.1 Å². The number of alkyl halides is 3. The largest absolute Gasteiger partial charge is 0.401 e. The Morgan fingerprint density at radius 3 is 2.56 bits per heavy atom. The van der Waals surface area contributed by atoms with Crippen molar-refractivity contribution in [3.05, 3.63) is 0 Å². The molecule has 0 bridgehead atoms. The van der Waals surface area contributed by atoms with Crippen LogP contribution in [0.1, 0.15) is 12.8 Å². The quantitative estimate of drug-likeness (QED) is 0.236. The topological polar surface area (TPSA) is 49.3 Å². The summed E-state index contributed by atoms with van der Waals surface area (Å²) in [4.78, 5) is 8.02. The zero-order chi connectivity index (χ0) is 19.0. The van der Waals surface area contributed by atoms with Crippen LogP contribution in [0, 0.1) is 11.8 Å². The molecule has 0 spiro atoms. The van der Waals surface area contributed by atoms with Crippen LogP contribution in [0.15, 0.2) is 4.99 Å². The maximum absolute atomic E-state index is 12.5. The molecule has 0 aromatic heterocycles. The number of hydrogen-bond donors (Lipinski definition) is 1.